The molecule has 1 saturated carbocycles. The number of hydrogen-bond donors (Lipinski definition) is 2. The Morgan fingerprint density at radius 1 is 1.09 bits per heavy atom. The molecule has 250 valence electrons. The lowest BCUT2D eigenvalue weighted by molar-refractivity contribution is -0.0851. The summed E-state index contributed by atoms with van der Waals surface area (Å²) in [4.78, 5) is 28.9. The van der Waals surface area contributed by atoms with E-state index in [1.807, 2.05) is 19.1 Å². The van der Waals surface area contributed by atoms with Crippen molar-refractivity contribution in [2.75, 3.05) is 26.3 Å². The van der Waals surface area contributed by atoms with Crippen molar-refractivity contribution in [2.45, 2.75) is 102 Å². The molecule has 2 aromatic rings. The maximum atomic E-state index is 14.3. The van der Waals surface area contributed by atoms with Crippen molar-refractivity contribution in [3.8, 4) is 0 Å². The number of carbonyl (C=O) groups excluding carboxylic acids is 2. The number of aliphatic hydroxyl groups is 2. The predicted octanol–water partition coefficient (Wildman–Crippen LogP) is 6.87. The Labute approximate surface area is 270 Å². The van der Waals surface area contributed by atoms with Gasteiger partial charge in [0.1, 0.15) is 0 Å². The minimum absolute atomic E-state index is 0.0255. The average Bonchev–Trinajstić information content (AvgIpc) is 3.62. The van der Waals surface area contributed by atoms with Crippen molar-refractivity contribution in [3.63, 3.8) is 0 Å². The van der Waals surface area contributed by atoms with Crippen LogP contribution in [0.15, 0.2) is 48.0 Å². The number of nitrogens with zero attached hydrogens (tertiary/aromatic N) is 1. The molecule has 2 N–H and O–H groups in total. The molecule has 0 radical (unpaired) electrons. The molecule has 1 heterocycles. The van der Waals surface area contributed by atoms with Gasteiger partial charge in [-0.1, -0.05) is 30.7 Å². The second-order valence-corrected chi connectivity index (χ2v) is 13.6. The van der Waals surface area contributed by atoms with Crippen molar-refractivity contribution in [2.24, 2.45) is 5.41 Å². The third-order valence-electron chi connectivity index (χ3n) is 10.5. The van der Waals surface area contributed by atoms with E-state index in [1.165, 1.54) is 6.07 Å². The third-order valence-corrected chi connectivity index (χ3v) is 10.5. The largest absolute Gasteiger partial charge is 0.450 e. The fourth-order valence-electron chi connectivity index (χ4n) is 7.76. The van der Waals surface area contributed by atoms with Gasteiger partial charge in [-0.05, 0) is 113 Å². The van der Waals surface area contributed by atoms with E-state index in [4.69, 9.17) is 9.47 Å². The zero-order chi connectivity index (χ0) is 33.1. The fourth-order valence-corrected chi connectivity index (χ4v) is 7.76. The van der Waals surface area contributed by atoms with Gasteiger partial charge in [0, 0.05) is 23.1 Å². The van der Waals surface area contributed by atoms with Gasteiger partial charge in [-0.15, -0.1) is 0 Å². The zero-order valence-corrected chi connectivity index (χ0v) is 27.2. The summed E-state index contributed by atoms with van der Waals surface area (Å²) in [5, 5.41) is 23.5. The molecule has 2 aromatic carbocycles. The van der Waals surface area contributed by atoms with Gasteiger partial charge in [-0.3, -0.25) is 4.79 Å². The molecule has 1 amide bonds. The van der Waals surface area contributed by atoms with Crippen LogP contribution in [0.2, 0.25) is 0 Å². The number of carbonyl (C=O) groups is 2. The van der Waals surface area contributed by atoms with E-state index in [0.717, 1.165) is 36.1 Å². The van der Waals surface area contributed by atoms with Gasteiger partial charge in [-0.25, -0.2) is 13.6 Å². The molecule has 0 spiro atoms. The maximum Gasteiger partial charge on any atom is 0.409 e. The number of fused-ring (bicyclic) bond motifs is 8. The molecule has 6 rings (SSSR count). The molecule has 2 fully saturated rings. The third kappa shape index (κ3) is 7.21. The quantitative estimate of drug-likeness (QED) is 0.254. The van der Waals surface area contributed by atoms with Crippen LogP contribution in [0, 0.1) is 17.0 Å². The second-order valence-electron chi connectivity index (χ2n) is 13.6. The molecule has 5 unspecified atom stereocenters. The van der Waals surface area contributed by atoms with Gasteiger partial charge in [0.25, 0.3) is 0 Å². The number of hydrogen-bond acceptors (Lipinski definition) is 6. The second kappa shape index (κ2) is 14.3. The summed E-state index contributed by atoms with van der Waals surface area (Å²) in [7, 11) is 0. The molecule has 2 bridgehead atoms. The van der Waals surface area contributed by atoms with E-state index < -0.39 is 40.6 Å². The molecular weight excluding hydrogens is 592 g/mol. The van der Waals surface area contributed by atoms with Gasteiger partial charge in [-0.2, -0.15) is 0 Å². The number of aliphatic hydroxyl groups excluding tert-OH is 1. The van der Waals surface area contributed by atoms with Crippen molar-refractivity contribution >= 4 is 11.9 Å². The standard InChI is InChI=1S/C37H47F2NO6/c1-4-45-35(43)40(22-28-8-6-18-46-28)23-37(44)17-15-31-29-13-10-25(19-27(41)12-9-24(2)7-5-16-36(31,37)3)20-30(29)34(42)26-11-14-32(38)33(39)21-26/h7,10-11,13-14,20-21,27-28,31,41,44H,4-6,8-9,12,15-19,22-23H2,1-3H3. The molecule has 9 heteroatoms. The summed E-state index contributed by atoms with van der Waals surface area (Å²) in [6.45, 7) is 7.06. The molecule has 5 atom stereocenters. The zero-order valence-electron chi connectivity index (χ0n) is 27.2. The number of ether oxygens (including phenoxy) is 2. The van der Waals surface area contributed by atoms with Crippen molar-refractivity contribution < 1.29 is 38.1 Å². The number of allylic oxidation sites excluding steroid dienone is 2. The number of rotatable bonds is 7. The lowest BCUT2D eigenvalue weighted by Gasteiger charge is -2.46. The number of benzene rings is 2. The van der Waals surface area contributed by atoms with Gasteiger partial charge >= 0.3 is 6.09 Å². The molecular formula is C37H47F2NO6. The van der Waals surface area contributed by atoms with E-state index in [1.54, 1.807) is 17.9 Å². The summed E-state index contributed by atoms with van der Waals surface area (Å²) in [5.74, 6) is -2.87. The van der Waals surface area contributed by atoms with Crippen LogP contribution in [0.25, 0.3) is 0 Å². The van der Waals surface area contributed by atoms with E-state index in [2.05, 4.69) is 13.0 Å². The Hall–Kier alpha value is -3.14. The highest BCUT2D eigenvalue weighted by molar-refractivity contribution is 6.10. The monoisotopic (exact) mass is 639 g/mol. The van der Waals surface area contributed by atoms with Crippen LogP contribution in [0.1, 0.15) is 105 Å². The average molecular weight is 640 g/mol. The first kappa shape index (κ1) is 34.2. The molecule has 0 aromatic heterocycles. The van der Waals surface area contributed by atoms with Crippen molar-refractivity contribution in [3.05, 3.63) is 81.9 Å². The Morgan fingerprint density at radius 2 is 1.89 bits per heavy atom. The smallest absolute Gasteiger partial charge is 0.409 e. The van der Waals surface area contributed by atoms with Crippen LogP contribution in [-0.2, 0) is 15.9 Å². The van der Waals surface area contributed by atoms with Crippen LogP contribution in [-0.4, -0.2) is 71.1 Å². The van der Waals surface area contributed by atoms with E-state index in [9.17, 15) is 28.6 Å². The van der Waals surface area contributed by atoms with Gasteiger partial charge in [0.05, 0.1) is 37.5 Å². The maximum absolute atomic E-state index is 14.3. The Balaban J connectivity index is 1.59. The van der Waals surface area contributed by atoms with Crippen molar-refractivity contribution in [1.82, 2.24) is 4.90 Å². The minimum Gasteiger partial charge on any atom is -0.450 e. The van der Waals surface area contributed by atoms with Crippen LogP contribution < -0.4 is 0 Å². The SMILES string of the molecule is CCOC(=O)N(CC1CCCO1)CC1(O)CCC2c3ccc(cc3C(=O)c3ccc(F)c(F)c3)CC(O)CCC(C)=CCCC21C. The minimum atomic E-state index is -1.32. The predicted molar refractivity (Wildman–Crippen MR) is 171 cm³/mol. The molecule has 1 saturated heterocycles. The lowest BCUT2D eigenvalue weighted by atomic mass is 9.64. The molecule has 46 heavy (non-hydrogen) atoms. The van der Waals surface area contributed by atoms with Crippen LogP contribution >= 0.6 is 0 Å². The molecule has 3 aliphatic carbocycles. The Bertz CT molecular complexity index is 1460. The van der Waals surface area contributed by atoms with E-state index >= 15 is 0 Å². The first-order valence-corrected chi connectivity index (χ1v) is 16.7. The van der Waals surface area contributed by atoms with E-state index in [-0.39, 0.29) is 30.7 Å². The first-order valence-electron chi connectivity index (χ1n) is 16.7. The summed E-state index contributed by atoms with van der Waals surface area (Å²) < 4.78 is 39.4. The number of halogens is 2. The van der Waals surface area contributed by atoms with Crippen LogP contribution in [0.3, 0.4) is 0 Å². The van der Waals surface area contributed by atoms with Crippen LogP contribution in [0.5, 0.6) is 0 Å². The molecule has 7 nitrogen and oxygen atoms in total. The highest BCUT2D eigenvalue weighted by Gasteiger charge is 2.58. The van der Waals surface area contributed by atoms with Gasteiger partial charge < -0.3 is 24.6 Å². The van der Waals surface area contributed by atoms with Gasteiger partial charge in [0.2, 0.25) is 0 Å². The molecule has 4 aliphatic rings. The summed E-state index contributed by atoms with van der Waals surface area (Å²) in [6.07, 6.45) is 6.45. The van der Waals surface area contributed by atoms with Gasteiger partial charge in [0.15, 0.2) is 17.4 Å². The van der Waals surface area contributed by atoms with Crippen molar-refractivity contribution in [1.29, 1.82) is 0 Å². The normalized spacial score (nSPS) is 28.3. The highest BCUT2D eigenvalue weighted by atomic mass is 19.2. The summed E-state index contributed by atoms with van der Waals surface area (Å²) >= 11 is 0. The molecule has 1 aliphatic heterocycles. The Morgan fingerprint density at radius 3 is 2.61 bits per heavy atom. The fraction of sp³-hybridized carbons (Fsp3) is 0.568. The number of ketones is 1. The summed E-state index contributed by atoms with van der Waals surface area (Å²) in [6, 6.07) is 8.72. The first-order chi connectivity index (χ1) is 21.9. The summed E-state index contributed by atoms with van der Waals surface area (Å²) in [5.41, 5.74) is 0.913. The van der Waals surface area contributed by atoms with E-state index in [0.29, 0.717) is 69.2 Å². The number of amides is 1. The van der Waals surface area contributed by atoms with Crippen LogP contribution in [0.4, 0.5) is 13.6 Å². The Kier molecular flexibility index (Phi) is 10.6. The highest BCUT2D eigenvalue weighted by Crippen LogP contribution is 2.59. The topological polar surface area (TPSA) is 96.3 Å². The lowest BCUT2D eigenvalue weighted by Crippen LogP contribution is -2.55.